The summed E-state index contributed by atoms with van der Waals surface area (Å²) in [4.78, 5) is 3.69. The van der Waals surface area contributed by atoms with E-state index in [4.69, 9.17) is 10.8 Å². The highest BCUT2D eigenvalue weighted by molar-refractivity contribution is 5.85. The van der Waals surface area contributed by atoms with E-state index in [0.717, 1.165) is 6.20 Å². The molecule has 1 atom stereocenters. The molecule has 1 rings (SSSR count). The van der Waals surface area contributed by atoms with Gasteiger partial charge in [-0.3, -0.25) is 4.98 Å². The van der Waals surface area contributed by atoms with Crippen molar-refractivity contribution in [2.24, 2.45) is 5.73 Å². The molecule has 0 unspecified atom stereocenters. The van der Waals surface area contributed by atoms with E-state index in [-0.39, 0.29) is 31.4 Å². The number of rotatable bonds is 2. The topological polar surface area (TPSA) is 59.1 Å². The third-order valence-corrected chi connectivity index (χ3v) is 1.33. The summed E-state index contributed by atoms with van der Waals surface area (Å²) in [5.74, 6) is -0.404. The number of nitrogens with two attached hydrogens (primary N) is 1. The van der Waals surface area contributed by atoms with Gasteiger partial charge in [-0.05, 0) is 12.1 Å². The molecule has 0 aromatic carbocycles. The van der Waals surface area contributed by atoms with Crippen molar-refractivity contribution in [3.8, 4) is 0 Å². The van der Waals surface area contributed by atoms with Crippen LogP contribution in [-0.4, -0.2) is 16.7 Å². The first-order valence-electron chi connectivity index (χ1n) is 3.22. The van der Waals surface area contributed by atoms with E-state index in [1.165, 1.54) is 12.1 Å². The van der Waals surface area contributed by atoms with E-state index >= 15 is 0 Å². The molecule has 0 aliphatic heterocycles. The minimum atomic E-state index is -0.518. The molecule has 76 valence electrons. The van der Waals surface area contributed by atoms with Crippen LogP contribution in [0.2, 0.25) is 0 Å². The number of hydrogen-bond donors (Lipinski definition) is 2. The predicted octanol–water partition coefficient (Wildman–Crippen LogP) is 1.06. The van der Waals surface area contributed by atoms with Crippen molar-refractivity contribution < 1.29 is 9.50 Å². The molecule has 0 aliphatic rings. The molecule has 0 bridgehead atoms. The zero-order valence-corrected chi connectivity index (χ0v) is 8.32. The average Bonchev–Trinajstić information content (AvgIpc) is 2.05. The fourth-order valence-electron chi connectivity index (χ4n) is 0.700. The molecule has 1 aromatic heterocycles. The monoisotopic (exact) mass is 228 g/mol. The van der Waals surface area contributed by atoms with E-state index in [9.17, 15) is 4.39 Å². The van der Waals surface area contributed by atoms with Crippen LogP contribution in [0.4, 0.5) is 4.39 Å². The van der Waals surface area contributed by atoms with Crippen LogP contribution in [0.25, 0.3) is 0 Å². The normalized spacial score (nSPS) is 11.0. The Labute approximate surface area is 88.0 Å². The Morgan fingerprint density at radius 1 is 1.46 bits per heavy atom. The van der Waals surface area contributed by atoms with E-state index < -0.39 is 11.9 Å². The molecule has 0 spiro atoms. The second kappa shape index (κ2) is 7.03. The Bertz CT molecular complexity index is 232. The quantitative estimate of drug-likeness (QED) is 0.796. The number of aliphatic hydroxyl groups excluding tert-OH is 1. The summed E-state index contributed by atoms with van der Waals surface area (Å²) in [6, 6.07) is 2.20. The van der Waals surface area contributed by atoms with Crippen LogP contribution in [-0.2, 0) is 0 Å². The van der Waals surface area contributed by atoms with Gasteiger partial charge in [0.25, 0.3) is 0 Å². The van der Waals surface area contributed by atoms with Crippen molar-refractivity contribution in [2.45, 2.75) is 6.04 Å². The Morgan fingerprint density at radius 3 is 2.46 bits per heavy atom. The molecule has 3 N–H and O–H groups in total. The Balaban J connectivity index is 0. The van der Waals surface area contributed by atoms with Crippen molar-refractivity contribution in [1.82, 2.24) is 4.98 Å². The minimum absolute atomic E-state index is 0. The molecule has 0 aliphatic carbocycles. The van der Waals surface area contributed by atoms with Crippen LogP contribution >= 0.6 is 24.8 Å². The van der Waals surface area contributed by atoms with Crippen molar-refractivity contribution in [3.05, 3.63) is 29.8 Å². The fraction of sp³-hybridized carbons (Fsp3) is 0.286. The number of pyridine rings is 1. The van der Waals surface area contributed by atoms with Crippen molar-refractivity contribution in [3.63, 3.8) is 0 Å². The maximum atomic E-state index is 12.3. The van der Waals surface area contributed by atoms with Gasteiger partial charge in [0, 0.05) is 0 Å². The predicted molar refractivity (Wildman–Crippen MR) is 52.7 cm³/mol. The summed E-state index contributed by atoms with van der Waals surface area (Å²) >= 11 is 0. The van der Waals surface area contributed by atoms with E-state index in [1.807, 2.05) is 0 Å². The lowest BCUT2D eigenvalue weighted by molar-refractivity contribution is 0.265. The Kier molecular flexibility index (Phi) is 8.15. The third kappa shape index (κ3) is 4.38. The molecular weight excluding hydrogens is 218 g/mol. The number of hydrogen-bond acceptors (Lipinski definition) is 3. The molecule has 6 heteroatoms. The van der Waals surface area contributed by atoms with Gasteiger partial charge in [0.15, 0.2) is 0 Å². The standard InChI is InChI=1S/C7H9FN2O.2ClH/c8-5-1-2-7(10-3-5)6(9)4-11;;/h1-3,6,11H,4,9H2;2*1H/t6-;;/m1../s1. The first kappa shape index (κ1) is 15.1. The van der Waals surface area contributed by atoms with E-state index in [1.54, 1.807) is 0 Å². The van der Waals surface area contributed by atoms with Gasteiger partial charge in [0.2, 0.25) is 0 Å². The van der Waals surface area contributed by atoms with Crippen LogP contribution in [0.15, 0.2) is 18.3 Å². The Morgan fingerprint density at radius 2 is 2.08 bits per heavy atom. The third-order valence-electron chi connectivity index (χ3n) is 1.33. The number of aliphatic hydroxyl groups is 1. The lowest BCUT2D eigenvalue weighted by Crippen LogP contribution is -2.15. The molecule has 0 fully saturated rings. The molecule has 3 nitrogen and oxygen atoms in total. The van der Waals surface area contributed by atoms with Crippen LogP contribution in [0.3, 0.4) is 0 Å². The van der Waals surface area contributed by atoms with Crippen LogP contribution in [0, 0.1) is 5.82 Å². The van der Waals surface area contributed by atoms with Crippen LogP contribution in [0.5, 0.6) is 0 Å². The zero-order chi connectivity index (χ0) is 8.27. The van der Waals surface area contributed by atoms with Crippen molar-refractivity contribution in [2.75, 3.05) is 6.61 Å². The first-order chi connectivity index (χ1) is 5.24. The fourth-order valence-corrected chi connectivity index (χ4v) is 0.700. The smallest absolute Gasteiger partial charge is 0.141 e. The summed E-state index contributed by atoms with van der Waals surface area (Å²) in [6.07, 6.45) is 1.07. The largest absolute Gasteiger partial charge is 0.394 e. The highest BCUT2D eigenvalue weighted by atomic mass is 35.5. The van der Waals surface area contributed by atoms with Crippen molar-refractivity contribution >= 4 is 24.8 Å². The summed E-state index contributed by atoms with van der Waals surface area (Å²) in [5, 5.41) is 8.60. The summed E-state index contributed by atoms with van der Waals surface area (Å²) in [5.41, 5.74) is 5.90. The Hall–Kier alpha value is -0.420. The molecule has 0 saturated carbocycles. The lowest BCUT2D eigenvalue weighted by atomic mass is 10.2. The average molecular weight is 229 g/mol. The highest BCUT2D eigenvalue weighted by Gasteiger charge is 2.04. The molecule has 1 heterocycles. The molecule has 1 aromatic rings. The molecule has 0 radical (unpaired) electrons. The summed E-state index contributed by atoms with van der Waals surface area (Å²) in [7, 11) is 0. The zero-order valence-electron chi connectivity index (χ0n) is 6.68. The van der Waals surface area contributed by atoms with Gasteiger partial charge in [0.05, 0.1) is 24.5 Å². The number of halogens is 3. The van der Waals surface area contributed by atoms with Crippen molar-refractivity contribution in [1.29, 1.82) is 0 Å². The molecule has 13 heavy (non-hydrogen) atoms. The van der Waals surface area contributed by atoms with Gasteiger partial charge in [0.1, 0.15) is 5.82 Å². The molecule has 0 amide bonds. The van der Waals surface area contributed by atoms with Gasteiger partial charge >= 0.3 is 0 Å². The van der Waals surface area contributed by atoms with Gasteiger partial charge in [-0.25, -0.2) is 4.39 Å². The minimum Gasteiger partial charge on any atom is -0.394 e. The lowest BCUT2D eigenvalue weighted by Gasteiger charge is -2.05. The van der Waals surface area contributed by atoms with E-state index in [0.29, 0.717) is 5.69 Å². The summed E-state index contributed by atoms with van der Waals surface area (Å²) < 4.78 is 12.3. The number of aromatic nitrogens is 1. The SMILES string of the molecule is Cl.Cl.N[C@H](CO)c1ccc(F)cn1. The molecular formula is C7H11Cl2FN2O. The highest BCUT2D eigenvalue weighted by Crippen LogP contribution is 2.05. The van der Waals surface area contributed by atoms with Gasteiger partial charge < -0.3 is 10.8 Å². The van der Waals surface area contributed by atoms with E-state index in [2.05, 4.69) is 4.98 Å². The van der Waals surface area contributed by atoms with Crippen LogP contribution in [0.1, 0.15) is 11.7 Å². The first-order valence-corrected chi connectivity index (χ1v) is 3.22. The molecule has 0 saturated heterocycles. The number of nitrogens with zero attached hydrogens (tertiary/aromatic N) is 1. The summed E-state index contributed by atoms with van der Waals surface area (Å²) in [6.45, 7) is -0.182. The van der Waals surface area contributed by atoms with Gasteiger partial charge in [-0.1, -0.05) is 0 Å². The van der Waals surface area contributed by atoms with Gasteiger partial charge in [-0.15, -0.1) is 24.8 Å². The second-order valence-corrected chi connectivity index (χ2v) is 2.19. The van der Waals surface area contributed by atoms with Gasteiger partial charge in [-0.2, -0.15) is 0 Å². The van der Waals surface area contributed by atoms with Crippen LogP contribution < -0.4 is 5.73 Å². The maximum absolute atomic E-state index is 12.3. The maximum Gasteiger partial charge on any atom is 0.141 e. The second-order valence-electron chi connectivity index (χ2n) is 2.19.